The smallest absolute Gasteiger partial charge is 0.150 e. The highest BCUT2D eigenvalue weighted by atomic mass is 32.1. The molecule has 4 rings (SSSR count). The van der Waals surface area contributed by atoms with E-state index in [1.807, 2.05) is 5.16 Å². The van der Waals surface area contributed by atoms with E-state index in [-0.39, 0.29) is 16.8 Å². The van der Waals surface area contributed by atoms with E-state index in [0.29, 0.717) is 29.9 Å². The number of thiocarbonyl (C=S) groups is 1. The fourth-order valence-corrected chi connectivity index (χ4v) is 4.64. The van der Waals surface area contributed by atoms with Gasteiger partial charge in [-0.05, 0) is 90.5 Å². The van der Waals surface area contributed by atoms with Gasteiger partial charge in [-0.15, -0.1) is 0 Å². The summed E-state index contributed by atoms with van der Waals surface area (Å²) in [6.07, 6.45) is 3.83. The maximum atomic E-state index is 15.3. The number of hydrogen-bond donors (Lipinski definition) is 0. The quantitative estimate of drug-likeness (QED) is 0.154. The van der Waals surface area contributed by atoms with Crippen LogP contribution >= 0.6 is 12.2 Å². The third-order valence-electron chi connectivity index (χ3n) is 6.20. The van der Waals surface area contributed by atoms with Crippen molar-refractivity contribution in [2.75, 3.05) is 0 Å². The first-order chi connectivity index (χ1) is 16.8. The standard InChI is InChI=1S/C28H20F5NS/c1-2-3-16-4-7-20-18(10-16)12-25(32)27(28(20)33)19-13-22(29)21(23(30)14-19)8-5-17-6-9-26(34-15-35)24(31)11-17/h6,9,11-14,16H,2-4,7,10H2,1H3. The van der Waals surface area contributed by atoms with Crippen LogP contribution in [0.25, 0.3) is 11.1 Å². The van der Waals surface area contributed by atoms with E-state index in [4.69, 9.17) is 0 Å². The van der Waals surface area contributed by atoms with E-state index < -0.39 is 40.2 Å². The Hall–Kier alpha value is -3.33. The molecule has 0 N–H and O–H groups in total. The molecule has 0 fully saturated rings. The van der Waals surface area contributed by atoms with Crippen LogP contribution in [0.5, 0.6) is 0 Å². The molecule has 0 saturated carbocycles. The zero-order valence-electron chi connectivity index (χ0n) is 18.8. The molecule has 3 aromatic rings. The minimum Gasteiger partial charge on any atom is -0.206 e. The van der Waals surface area contributed by atoms with Crippen LogP contribution in [0.1, 0.15) is 48.4 Å². The van der Waals surface area contributed by atoms with Gasteiger partial charge in [0.05, 0.1) is 16.3 Å². The Labute approximate surface area is 205 Å². The number of nitrogens with zero attached hydrogens (tertiary/aromatic N) is 1. The number of hydrogen-bond acceptors (Lipinski definition) is 2. The maximum Gasteiger partial charge on any atom is 0.150 e. The average molecular weight is 498 g/mol. The highest BCUT2D eigenvalue weighted by Crippen LogP contribution is 2.37. The van der Waals surface area contributed by atoms with Crippen molar-refractivity contribution in [3.8, 4) is 23.0 Å². The van der Waals surface area contributed by atoms with Crippen LogP contribution in [0.4, 0.5) is 27.6 Å². The Bertz CT molecular complexity index is 1390. The molecule has 0 saturated heterocycles. The van der Waals surface area contributed by atoms with E-state index in [1.54, 1.807) is 0 Å². The molecule has 0 bridgehead atoms. The Morgan fingerprint density at radius 1 is 0.943 bits per heavy atom. The second kappa shape index (κ2) is 10.5. The first-order valence-corrected chi connectivity index (χ1v) is 11.6. The van der Waals surface area contributed by atoms with Crippen molar-refractivity contribution in [1.29, 1.82) is 0 Å². The van der Waals surface area contributed by atoms with Gasteiger partial charge in [-0.3, -0.25) is 0 Å². The lowest BCUT2D eigenvalue weighted by Gasteiger charge is -2.26. The molecule has 178 valence electrons. The molecule has 1 atom stereocenters. The molecule has 1 aliphatic carbocycles. The molecular weight excluding hydrogens is 477 g/mol. The first-order valence-electron chi connectivity index (χ1n) is 11.2. The number of halogens is 5. The van der Waals surface area contributed by atoms with Crippen LogP contribution in [0.2, 0.25) is 0 Å². The largest absolute Gasteiger partial charge is 0.206 e. The van der Waals surface area contributed by atoms with Gasteiger partial charge in [0, 0.05) is 5.56 Å². The van der Waals surface area contributed by atoms with Crippen molar-refractivity contribution in [2.45, 2.75) is 39.0 Å². The summed E-state index contributed by atoms with van der Waals surface area (Å²) in [4.78, 5) is 3.55. The lowest BCUT2D eigenvalue weighted by atomic mass is 9.80. The highest BCUT2D eigenvalue weighted by Gasteiger charge is 2.26. The van der Waals surface area contributed by atoms with Gasteiger partial charge >= 0.3 is 0 Å². The van der Waals surface area contributed by atoms with Gasteiger partial charge in [-0.1, -0.05) is 31.6 Å². The molecule has 0 radical (unpaired) electrons. The van der Waals surface area contributed by atoms with E-state index in [0.717, 1.165) is 37.5 Å². The molecule has 0 aliphatic heterocycles. The van der Waals surface area contributed by atoms with Gasteiger partial charge in [-0.25, -0.2) is 22.0 Å². The summed E-state index contributed by atoms with van der Waals surface area (Å²) < 4.78 is 73.8. The topological polar surface area (TPSA) is 12.4 Å². The van der Waals surface area contributed by atoms with E-state index >= 15 is 4.39 Å². The number of benzene rings is 3. The fraction of sp³-hybridized carbons (Fsp3) is 0.250. The number of fused-ring (bicyclic) bond motifs is 1. The number of isothiocyanates is 1. The number of aliphatic imine (C=N–C) groups is 1. The van der Waals surface area contributed by atoms with Crippen LogP contribution in [-0.2, 0) is 12.8 Å². The van der Waals surface area contributed by atoms with E-state index in [9.17, 15) is 17.6 Å². The molecule has 0 heterocycles. The third kappa shape index (κ3) is 5.19. The third-order valence-corrected chi connectivity index (χ3v) is 6.29. The Balaban J connectivity index is 1.68. The lowest BCUT2D eigenvalue weighted by molar-refractivity contribution is 0.412. The first kappa shape index (κ1) is 24.8. The lowest BCUT2D eigenvalue weighted by Crippen LogP contribution is -2.17. The maximum absolute atomic E-state index is 15.3. The predicted molar refractivity (Wildman–Crippen MR) is 129 cm³/mol. The molecule has 0 amide bonds. The summed E-state index contributed by atoms with van der Waals surface area (Å²) in [5.74, 6) is 0.692. The summed E-state index contributed by atoms with van der Waals surface area (Å²) in [7, 11) is 0. The Kier molecular flexibility index (Phi) is 7.45. The monoisotopic (exact) mass is 497 g/mol. The van der Waals surface area contributed by atoms with Crippen LogP contribution in [0.15, 0.2) is 41.4 Å². The van der Waals surface area contributed by atoms with Crippen LogP contribution in [-0.4, -0.2) is 5.16 Å². The molecule has 0 spiro atoms. The van der Waals surface area contributed by atoms with Crippen LogP contribution < -0.4 is 0 Å². The highest BCUT2D eigenvalue weighted by molar-refractivity contribution is 7.78. The molecule has 3 aromatic carbocycles. The summed E-state index contributed by atoms with van der Waals surface area (Å²) in [6, 6.07) is 6.77. The summed E-state index contributed by atoms with van der Waals surface area (Å²) in [5, 5.41) is 2.05. The second-order valence-corrected chi connectivity index (χ2v) is 8.70. The molecule has 0 aromatic heterocycles. The minimum absolute atomic E-state index is 0.0396. The Morgan fingerprint density at radius 2 is 1.69 bits per heavy atom. The second-order valence-electron chi connectivity index (χ2n) is 8.52. The van der Waals surface area contributed by atoms with Crippen molar-refractivity contribution in [2.24, 2.45) is 10.9 Å². The van der Waals surface area contributed by atoms with Crippen molar-refractivity contribution >= 4 is 23.1 Å². The van der Waals surface area contributed by atoms with Gasteiger partial charge in [0.15, 0.2) is 5.82 Å². The van der Waals surface area contributed by atoms with Crippen LogP contribution in [0, 0.1) is 46.8 Å². The molecule has 35 heavy (non-hydrogen) atoms. The van der Waals surface area contributed by atoms with Crippen molar-refractivity contribution in [3.05, 3.63) is 87.7 Å². The molecule has 1 aliphatic rings. The van der Waals surface area contributed by atoms with E-state index in [1.165, 1.54) is 18.2 Å². The molecule has 7 heteroatoms. The van der Waals surface area contributed by atoms with Crippen molar-refractivity contribution < 1.29 is 22.0 Å². The summed E-state index contributed by atoms with van der Waals surface area (Å²) in [5.41, 5.74) is -0.145. The van der Waals surface area contributed by atoms with Crippen molar-refractivity contribution in [1.82, 2.24) is 0 Å². The van der Waals surface area contributed by atoms with Gasteiger partial charge in [0.2, 0.25) is 0 Å². The molecule has 1 unspecified atom stereocenters. The Morgan fingerprint density at radius 3 is 2.34 bits per heavy atom. The zero-order chi connectivity index (χ0) is 25.1. The summed E-state index contributed by atoms with van der Waals surface area (Å²) >= 11 is 4.43. The van der Waals surface area contributed by atoms with Gasteiger partial charge < -0.3 is 0 Å². The zero-order valence-corrected chi connectivity index (χ0v) is 19.6. The fourth-order valence-electron chi connectivity index (χ4n) is 4.54. The SMILES string of the molecule is CCCC1CCc2c(cc(F)c(-c3cc(F)c(C#Cc4ccc(N=C=S)c(F)c4)c(F)c3)c2F)C1. The van der Waals surface area contributed by atoms with Crippen LogP contribution in [0.3, 0.4) is 0 Å². The summed E-state index contributed by atoms with van der Waals surface area (Å²) in [6.45, 7) is 2.07. The van der Waals surface area contributed by atoms with E-state index in [2.05, 4.69) is 36.0 Å². The molecule has 1 nitrogen and oxygen atoms in total. The average Bonchev–Trinajstić information content (AvgIpc) is 2.80. The van der Waals surface area contributed by atoms with Crippen molar-refractivity contribution in [3.63, 3.8) is 0 Å². The predicted octanol–water partition coefficient (Wildman–Crippen LogP) is 8.09. The van der Waals surface area contributed by atoms with Gasteiger partial charge in [0.25, 0.3) is 0 Å². The molecular formula is C28H20F5NS. The van der Waals surface area contributed by atoms with Gasteiger partial charge in [0.1, 0.15) is 29.0 Å². The minimum atomic E-state index is -1.07. The van der Waals surface area contributed by atoms with Gasteiger partial charge in [-0.2, -0.15) is 4.99 Å². The normalized spacial score (nSPS) is 14.5. The number of rotatable bonds is 4.